The Morgan fingerprint density at radius 1 is 1.05 bits per heavy atom. The number of hydrogen-bond donors (Lipinski definition) is 2. The summed E-state index contributed by atoms with van der Waals surface area (Å²) in [6.45, 7) is 3.33. The smallest absolute Gasteiger partial charge is 0.319 e. The Kier molecular flexibility index (Phi) is 5.60. The molecule has 0 saturated carbocycles. The summed E-state index contributed by atoms with van der Waals surface area (Å²) in [5, 5.41) is 5.43. The normalized spacial score (nSPS) is 16.7. The summed E-state index contributed by atoms with van der Waals surface area (Å²) in [6, 6.07) is 8.34. The minimum absolute atomic E-state index is 0.000103. The third kappa shape index (κ3) is 4.77. The number of anilines is 1. The highest BCUT2D eigenvalue weighted by atomic mass is 16.2. The molecule has 0 spiro atoms. The first kappa shape index (κ1) is 15.4. The van der Waals surface area contributed by atoms with Crippen LogP contribution in [0.15, 0.2) is 30.3 Å². The monoisotopic (exact) mass is 289 g/mol. The second-order valence-electron chi connectivity index (χ2n) is 5.43. The van der Waals surface area contributed by atoms with Gasteiger partial charge in [0.1, 0.15) is 6.04 Å². The van der Waals surface area contributed by atoms with Crippen LogP contribution in [0.1, 0.15) is 32.6 Å². The zero-order chi connectivity index (χ0) is 15.1. The molecule has 1 aromatic rings. The van der Waals surface area contributed by atoms with E-state index < -0.39 is 6.04 Å². The lowest BCUT2D eigenvalue weighted by Gasteiger charge is -2.24. The molecule has 2 N–H and O–H groups in total. The van der Waals surface area contributed by atoms with E-state index in [1.165, 1.54) is 12.8 Å². The molecule has 1 aromatic carbocycles. The molecule has 3 amide bonds. The van der Waals surface area contributed by atoms with Crippen LogP contribution in [0, 0.1) is 0 Å². The molecular weight excluding hydrogens is 266 g/mol. The predicted octanol–water partition coefficient (Wildman–Crippen LogP) is 2.60. The average molecular weight is 289 g/mol. The van der Waals surface area contributed by atoms with E-state index in [2.05, 4.69) is 10.6 Å². The molecule has 5 nitrogen and oxygen atoms in total. The number of para-hydroxylation sites is 1. The number of benzene rings is 1. The van der Waals surface area contributed by atoms with Gasteiger partial charge in [-0.1, -0.05) is 31.0 Å². The second kappa shape index (κ2) is 7.67. The van der Waals surface area contributed by atoms with E-state index in [1.807, 2.05) is 23.1 Å². The van der Waals surface area contributed by atoms with Crippen molar-refractivity contribution in [1.82, 2.24) is 10.2 Å². The SMILES string of the molecule is CC(NC(=O)Nc1ccccc1)C(=O)N1CCCCCC1. The van der Waals surface area contributed by atoms with Crippen molar-refractivity contribution < 1.29 is 9.59 Å². The molecule has 1 aliphatic heterocycles. The zero-order valence-electron chi connectivity index (χ0n) is 12.5. The minimum atomic E-state index is -0.508. The quantitative estimate of drug-likeness (QED) is 0.898. The predicted molar refractivity (Wildman–Crippen MR) is 83.1 cm³/mol. The van der Waals surface area contributed by atoms with Crippen LogP contribution in [0.5, 0.6) is 0 Å². The first-order valence-corrected chi connectivity index (χ1v) is 7.58. The van der Waals surface area contributed by atoms with Gasteiger partial charge in [-0.25, -0.2) is 4.79 Å². The lowest BCUT2D eigenvalue weighted by atomic mass is 10.2. The van der Waals surface area contributed by atoms with Crippen LogP contribution in [-0.4, -0.2) is 36.0 Å². The molecule has 114 valence electrons. The Bertz CT molecular complexity index is 468. The number of nitrogens with zero attached hydrogens (tertiary/aromatic N) is 1. The van der Waals surface area contributed by atoms with E-state index in [0.717, 1.165) is 25.9 Å². The minimum Gasteiger partial charge on any atom is -0.341 e. The van der Waals surface area contributed by atoms with Crippen LogP contribution in [0.4, 0.5) is 10.5 Å². The van der Waals surface area contributed by atoms with Gasteiger partial charge >= 0.3 is 6.03 Å². The molecular formula is C16H23N3O2. The molecule has 0 aliphatic carbocycles. The maximum atomic E-state index is 12.3. The van der Waals surface area contributed by atoms with Crippen LogP contribution >= 0.6 is 0 Å². The van der Waals surface area contributed by atoms with Crippen molar-refractivity contribution in [2.45, 2.75) is 38.6 Å². The summed E-state index contributed by atoms with van der Waals surface area (Å²) in [5.41, 5.74) is 0.712. The highest BCUT2D eigenvalue weighted by Gasteiger charge is 2.22. The van der Waals surface area contributed by atoms with Gasteiger partial charge in [0.25, 0.3) is 0 Å². The van der Waals surface area contributed by atoms with E-state index in [1.54, 1.807) is 19.1 Å². The van der Waals surface area contributed by atoms with Crippen molar-refractivity contribution in [1.29, 1.82) is 0 Å². The number of urea groups is 1. The molecule has 1 heterocycles. The Labute approximate surface area is 125 Å². The lowest BCUT2D eigenvalue weighted by Crippen LogP contribution is -2.48. The fourth-order valence-electron chi connectivity index (χ4n) is 2.51. The maximum absolute atomic E-state index is 12.3. The van der Waals surface area contributed by atoms with Crippen LogP contribution in [0.2, 0.25) is 0 Å². The highest BCUT2D eigenvalue weighted by molar-refractivity contribution is 5.93. The lowest BCUT2D eigenvalue weighted by molar-refractivity contribution is -0.132. The second-order valence-corrected chi connectivity index (χ2v) is 5.43. The molecule has 1 aliphatic rings. The summed E-state index contributed by atoms with van der Waals surface area (Å²) in [5.74, 6) is 0.000103. The van der Waals surface area contributed by atoms with Crippen molar-refractivity contribution in [2.24, 2.45) is 0 Å². The Hall–Kier alpha value is -2.04. The molecule has 0 radical (unpaired) electrons. The fraction of sp³-hybridized carbons (Fsp3) is 0.500. The fourth-order valence-corrected chi connectivity index (χ4v) is 2.51. The number of nitrogens with one attached hydrogen (secondary N) is 2. The van der Waals surface area contributed by atoms with Gasteiger partial charge in [-0.3, -0.25) is 4.79 Å². The highest BCUT2D eigenvalue weighted by Crippen LogP contribution is 2.11. The van der Waals surface area contributed by atoms with Crippen molar-refractivity contribution >= 4 is 17.6 Å². The molecule has 1 saturated heterocycles. The first-order chi connectivity index (χ1) is 10.2. The number of hydrogen-bond acceptors (Lipinski definition) is 2. The zero-order valence-corrected chi connectivity index (χ0v) is 12.5. The van der Waals surface area contributed by atoms with Gasteiger partial charge in [-0.15, -0.1) is 0 Å². The van der Waals surface area contributed by atoms with Gasteiger partial charge in [-0.05, 0) is 31.9 Å². The topological polar surface area (TPSA) is 61.4 Å². The van der Waals surface area contributed by atoms with Gasteiger partial charge in [0, 0.05) is 18.8 Å². The van der Waals surface area contributed by atoms with Gasteiger partial charge in [0.05, 0.1) is 0 Å². The van der Waals surface area contributed by atoms with Crippen molar-refractivity contribution in [3.63, 3.8) is 0 Å². The number of rotatable bonds is 3. The molecule has 1 atom stereocenters. The average Bonchev–Trinajstić information content (AvgIpc) is 2.76. The summed E-state index contributed by atoms with van der Waals surface area (Å²) in [4.78, 5) is 26.1. The van der Waals surface area contributed by atoms with Crippen LogP contribution in [0.3, 0.4) is 0 Å². The van der Waals surface area contributed by atoms with Gasteiger partial charge in [0.15, 0.2) is 0 Å². The Morgan fingerprint density at radius 3 is 2.29 bits per heavy atom. The van der Waals surface area contributed by atoms with Gasteiger partial charge in [-0.2, -0.15) is 0 Å². The van der Waals surface area contributed by atoms with E-state index >= 15 is 0 Å². The summed E-state index contributed by atoms with van der Waals surface area (Å²) in [7, 11) is 0. The molecule has 0 aromatic heterocycles. The van der Waals surface area contributed by atoms with Crippen molar-refractivity contribution in [3.05, 3.63) is 30.3 Å². The maximum Gasteiger partial charge on any atom is 0.319 e. The van der Waals surface area contributed by atoms with Gasteiger partial charge < -0.3 is 15.5 Å². The standard InChI is InChI=1S/C16H23N3O2/c1-13(15(20)19-11-7-2-3-8-12-19)17-16(21)18-14-9-5-4-6-10-14/h4-6,9-10,13H,2-3,7-8,11-12H2,1H3,(H2,17,18,21). The Balaban J connectivity index is 1.83. The number of carbonyl (C=O) groups excluding carboxylic acids is 2. The number of carbonyl (C=O) groups is 2. The van der Waals surface area contributed by atoms with Crippen LogP contribution < -0.4 is 10.6 Å². The molecule has 1 fully saturated rings. The van der Waals surface area contributed by atoms with Crippen LogP contribution in [0.25, 0.3) is 0 Å². The van der Waals surface area contributed by atoms with Crippen molar-refractivity contribution in [3.8, 4) is 0 Å². The molecule has 5 heteroatoms. The van der Waals surface area contributed by atoms with Crippen molar-refractivity contribution in [2.75, 3.05) is 18.4 Å². The van der Waals surface area contributed by atoms with E-state index in [0.29, 0.717) is 5.69 Å². The van der Waals surface area contributed by atoms with E-state index in [9.17, 15) is 9.59 Å². The molecule has 21 heavy (non-hydrogen) atoms. The molecule has 2 rings (SSSR count). The molecule has 1 unspecified atom stereocenters. The van der Waals surface area contributed by atoms with Crippen LogP contribution in [-0.2, 0) is 4.79 Å². The largest absolute Gasteiger partial charge is 0.341 e. The first-order valence-electron chi connectivity index (χ1n) is 7.58. The number of amides is 3. The Morgan fingerprint density at radius 2 is 1.67 bits per heavy atom. The third-order valence-corrected chi connectivity index (χ3v) is 3.67. The number of likely N-dealkylation sites (tertiary alicyclic amines) is 1. The summed E-state index contributed by atoms with van der Waals surface area (Å²) in [6.07, 6.45) is 4.46. The summed E-state index contributed by atoms with van der Waals surface area (Å²) >= 11 is 0. The van der Waals surface area contributed by atoms with Gasteiger partial charge in [0.2, 0.25) is 5.91 Å². The van der Waals surface area contributed by atoms with E-state index in [-0.39, 0.29) is 11.9 Å². The molecule has 0 bridgehead atoms. The van der Waals surface area contributed by atoms with E-state index in [4.69, 9.17) is 0 Å². The third-order valence-electron chi connectivity index (χ3n) is 3.67. The summed E-state index contributed by atoms with van der Waals surface area (Å²) < 4.78 is 0.